The molecule has 0 bridgehead atoms. The van der Waals surface area contributed by atoms with Crippen molar-refractivity contribution in [3.05, 3.63) is 29.8 Å². The second kappa shape index (κ2) is 9.98. The third kappa shape index (κ3) is 5.86. The van der Waals surface area contributed by atoms with Crippen molar-refractivity contribution >= 4 is 5.96 Å². The Bertz CT molecular complexity index is 612. The molecule has 5 heteroatoms. The number of rotatable bonds is 7. The topological polar surface area (TPSA) is 40.1 Å². The largest absolute Gasteiger partial charge is 0.489 e. The molecule has 2 aliphatic rings. The molecule has 1 aromatic rings. The first-order valence-corrected chi connectivity index (χ1v) is 10.6. The van der Waals surface area contributed by atoms with Crippen LogP contribution in [0.2, 0.25) is 0 Å². The molecule has 1 aromatic carbocycles. The van der Waals surface area contributed by atoms with Crippen LogP contribution in [0.1, 0.15) is 38.7 Å². The summed E-state index contributed by atoms with van der Waals surface area (Å²) in [6.45, 7) is 14.0. The van der Waals surface area contributed by atoms with Gasteiger partial charge in [-0.05, 0) is 70.7 Å². The third-order valence-electron chi connectivity index (χ3n) is 5.56. The van der Waals surface area contributed by atoms with Crippen LogP contribution < -0.4 is 10.1 Å². The van der Waals surface area contributed by atoms with E-state index >= 15 is 0 Å². The number of benzene rings is 1. The Morgan fingerprint density at radius 1 is 1.26 bits per heavy atom. The second-order valence-corrected chi connectivity index (χ2v) is 8.00. The van der Waals surface area contributed by atoms with E-state index in [-0.39, 0.29) is 6.10 Å². The first-order chi connectivity index (χ1) is 13.2. The van der Waals surface area contributed by atoms with Crippen LogP contribution in [0, 0.1) is 12.8 Å². The van der Waals surface area contributed by atoms with Gasteiger partial charge in [0.1, 0.15) is 11.9 Å². The highest BCUT2D eigenvalue weighted by Crippen LogP contribution is 2.20. The highest BCUT2D eigenvalue weighted by Gasteiger charge is 2.27. The minimum absolute atomic E-state index is 0.0581. The number of aliphatic imine (C=N–C) groups is 1. The van der Waals surface area contributed by atoms with Crippen molar-refractivity contribution in [2.24, 2.45) is 10.9 Å². The first kappa shape index (κ1) is 20.0. The predicted octanol–water partition coefficient (Wildman–Crippen LogP) is 3.15. The summed E-state index contributed by atoms with van der Waals surface area (Å²) in [7, 11) is 0. The molecule has 1 N–H and O–H groups in total. The van der Waals surface area contributed by atoms with Crippen LogP contribution in [-0.4, -0.2) is 67.7 Å². The Balaban J connectivity index is 1.52. The van der Waals surface area contributed by atoms with Gasteiger partial charge in [-0.3, -0.25) is 0 Å². The molecule has 0 radical (unpaired) electrons. The summed E-state index contributed by atoms with van der Waals surface area (Å²) >= 11 is 0. The van der Waals surface area contributed by atoms with Crippen molar-refractivity contribution in [3.8, 4) is 5.75 Å². The Kier molecular flexibility index (Phi) is 7.39. The molecule has 2 fully saturated rings. The van der Waals surface area contributed by atoms with Gasteiger partial charge in [-0.25, -0.2) is 4.99 Å². The van der Waals surface area contributed by atoms with Crippen molar-refractivity contribution < 1.29 is 4.74 Å². The van der Waals surface area contributed by atoms with Crippen LogP contribution in [-0.2, 0) is 0 Å². The molecular formula is C22H36N4O. The zero-order valence-electron chi connectivity index (χ0n) is 17.3. The van der Waals surface area contributed by atoms with Crippen LogP contribution in [0.25, 0.3) is 0 Å². The van der Waals surface area contributed by atoms with Crippen LogP contribution in [0.4, 0.5) is 0 Å². The maximum absolute atomic E-state index is 6.09. The SMILES string of the molecule is CCNC(=NCC(C)Oc1ccccc1C)N1CCC(CN2CCCC2)C1. The molecule has 3 rings (SSSR count). The lowest BCUT2D eigenvalue weighted by atomic mass is 10.1. The van der Waals surface area contributed by atoms with Crippen LogP contribution in [0.5, 0.6) is 5.75 Å². The predicted molar refractivity (Wildman–Crippen MR) is 113 cm³/mol. The smallest absolute Gasteiger partial charge is 0.194 e. The molecule has 150 valence electrons. The summed E-state index contributed by atoms with van der Waals surface area (Å²) in [5.74, 6) is 2.77. The van der Waals surface area contributed by atoms with Gasteiger partial charge in [0.15, 0.2) is 5.96 Å². The lowest BCUT2D eigenvalue weighted by Crippen LogP contribution is -2.41. The number of hydrogen-bond acceptors (Lipinski definition) is 3. The van der Waals surface area contributed by atoms with Gasteiger partial charge in [0.05, 0.1) is 6.54 Å². The van der Waals surface area contributed by atoms with E-state index in [4.69, 9.17) is 9.73 Å². The van der Waals surface area contributed by atoms with E-state index in [2.05, 4.69) is 42.0 Å². The van der Waals surface area contributed by atoms with Crippen molar-refractivity contribution in [2.45, 2.75) is 46.1 Å². The van der Waals surface area contributed by atoms with Gasteiger partial charge in [0.2, 0.25) is 0 Å². The van der Waals surface area contributed by atoms with E-state index in [1.54, 1.807) is 0 Å². The van der Waals surface area contributed by atoms with E-state index in [9.17, 15) is 0 Å². The number of para-hydroxylation sites is 1. The quantitative estimate of drug-likeness (QED) is 0.590. The van der Waals surface area contributed by atoms with E-state index < -0.39 is 0 Å². The maximum atomic E-state index is 6.09. The van der Waals surface area contributed by atoms with Crippen LogP contribution in [0.3, 0.4) is 0 Å². The van der Waals surface area contributed by atoms with Gasteiger partial charge in [0.25, 0.3) is 0 Å². The zero-order valence-corrected chi connectivity index (χ0v) is 17.3. The number of hydrogen-bond donors (Lipinski definition) is 1. The lowest BCUT2D eigenvalue weighted by molar-refractivity contribution is 0.228. The number of nitrogens with one attached hydrogen (secondary N) is 1. The van der Waals surface area contributed by atoms with Crippen LogP contribution in [0.15, 0.2) is 29.3 Å². The fraction of sp³-hybridized carbons (Fsp3) is 0.682. The summed E-state index contributed by atoms with van der Waals surface area (Å²) in [5, 5.41) is 3.48. The van der Waals surface area contributed by atoms with Crippen molar-refractivity contribution in [1.82, 2.24) is 15.1 Å². The van der Waals surface area contributed by atoms with Crippen molar-refractivity contribution in [2.75, 3.05) is 45.8 Å². The van der Waals surface area contributed by atoms with E-state index in [1.807, 2.05) is 18.2 Å². The molecule has 0 aromatic heterocycles. The van der Waals surface area contributed by atoms with Gasteiger partial charge in [-0.2, -0.15) is 0 Å². The highest BCUT2D eigenvalue weighted by atomic mass is 16.5. The molecule has 2 heterocycles. The molecule has 2 unspecified atom stereocenters. The summed E-state index contributed by atoms with van der Waals surface area (Å²) in [6, 6.07) is 8.18. The fourth-order valence-electron chi connectivity index (χ4n) is 4.09. The third-order valence-corrected chi connectivity index (χ3v) is 5.56. The monoisotopic (exact) mass is 372 g/mol. The minimum Gasteiger partial charge on any atom is -0.489 e. The molecular weight excluding hydrogens is 336 g/mol. The van der Waals surface area contributed by atoms with Crippen LogP contribution >= 0.6 is 0 Å². The highest BCUT2D eigenvalue weighted by molar-refractivity contribution is 5.80. The van der Waals surface area contributed by atoms with E-state index in [1.165, 1.54) is 44.5 Å². The Labute approximate surface area is 164 Å². The summed E-state index contributed by atoms with van der Waals surface area (Å²) in [4.78, 5) is 9.95. The zero-order chi connectivity index (χ0) is 19.1. The van der Waals surface area contributed by atoms with E-state index in [0.717, 1.165) is 37.3 Å². The number of likely N-dealkylation sites (tertiary alicyclic amines) is 2. The van der Waals surface area contributed by atoms with Crippen molar-refractivity contribution in [1.29, 1.82) is 0 Å². The van der Waals surface area contributed by atoms with Gasteiger partial charge in [0, 0.05) is 26.2 Å². The number of nitrogens with zero attached hydrogens (tertiary/aromatic N) is 3. The maximum Gasteiger partial charge on any atom is 0.194 e. The normalized spacial score (nSPS) is 22.3. The molecule has 0 saturated carbocycles. The Hall–Kier alpha value is -1.75. The molecule has 27 heavy (non-hydrogen) atoms. The van der Waals surface area contributed by atoms with Crippen molar-refractivity contribution in [3.63, 3.8) is 0 Å². The minimum atomic E-state index is 0.0581. The van der Waals surface area contributed by atoms with Gasteiger partial charge < -0.3 is 19.9 Å². The van der Waals surface area contributed by atoms with Gasteiger partial charge in [-0.1, -0.05) is 18.2 Å². The van der Waals surface area contributed by atoms with E-state index in [0.29, 0.717) is 6.54 Å². The average molecular weight is 373 g/mol. The standard InChI is InChI=1S/C22H36N4O/c1-4-23-22(24-15-19(3)27-21-10-6-5-9-18(21)2)26-14-11-20(17-26)16-25-12-7-8-13-25/h5-6,9-10,19-20H,4,7-8,11-17H2,1-3H3,(H,23,24). The molecule has 2 saturated heterocycles. The lowest BCUT2D eigenvalue weighted by Gasteiger charge is -2.24. The molecule has 0 aliphatic carbocycles. The summed E-state index contributed by atoms with van der Waals surface area (Å²) in [5.41, 5.74) is 1.17. The number of aryl methyl sites for hydroxylation is 1. The van der Waals surface area contributed by atoms with Gasteiger partial charge >= 0.3 is 0 Å². The number of guanidine groups is 1. The summed E-state index contributed by atoms with van der Waals surface area (Å²) < 4.78 is 6.09. The molecule has 5 nitrogen and oxygen atoms in total. The Morgan fingerprint density at radius 2 is 2.04 bits per heavy atom. The molecule has 0 amide bonds. The summed E-state index contributed by atoms with van der Waals surface area (Å²) in [6.07, 6.45) is 4.08. The molecule has 0 spiro atoms. The molecule has 2 aliphatic heterocycles. The first-order valence-electron chi connectivity index (χ1n) is 10.6. The average Bonchev–Trinajstić information content (AvgIpc) is 3.33. The Morgan fingerprint density at radius 3 is 2.78 bits per heavy atom. The fourth-order valence-corrected chi connectivity index (χ4v) is 4.09. The molecule has 2 atom stereocenters. The van der Waals surface area contributed by atoms with Gasteiger partial charge in [-0.15, -0.1) is 0 Å². The second-order valence-electron chi connectivity index (χ2n) is 8.00. The number of ether oxygens (including phenoxy) is 1.